The predicted molar refractivity (Wildman–Crippen MR) is 82.3 cm³/mol. The van der Waals surface area contributed by atoms with E-state index in [0.29, 0.717) is 20.6 Å². The lowest BCUT2D eigenvalue weighted by molar-refractivity contribution is 0.0877. The fourth-order valence-electron chi connectivity index (χ4n) is 2.29. The molecule has 7 heteroatoms. The van der Waals surface area contributed by atoms with Gasteiger partial charge in [-0.1, -0.05) is 17.4 Å². The number of methoxy groups -OCH3 is 1. The van der Waals surface area contributed by atoms with Crippen molar-refractivity contribution in [3.05, 3.63) is 43.5 Å². The van der Waals surface area contributed by atoms with Crippen molar-refractivity contribution in [2.24, 2.45) is 4.99 Å². The normalized spacial score (nSPS) is 18.0. The number of carbonyl (C=O) groups excluding carboxylic acids is 1. The molecule has 1 aliphatic heterocycles. The van der Waals surface area contributed by atoms with Crippen LogP contribution in [-0.2, 0) is 0 Å². The molecule has 114 valence electrons. The van der Waals surface area contributed by atoms with E-state index in [1.165, 1.54) is 24.5 Å². The van der Waals surface area contributed by atoms with Crippen LogP contribution in [0.4, 0.5) is 0 Å². The van der Waals surface area contributed by atoms with Crippen LogP contribution in [0.1, 0.15) is 23.7 Å². The molecule has 22 heavy (non-hydrogen) atoms. The van der Waals surface area contributed by atoms with E-state index in [4.69, 9.17) is 4.74 Å². The molecule has 0 fully saturated rings. The second kappa shape index (κ2) is 5.42. The number of hydrogen-bond donors (Lipinski definition) is 1. The summed E-state index contributed by atoms with van der Waals surface area (Å²) < 4.78 is 6.60. The van der Waals surface area contributed by atoms with Crippen molar-refractivity contribution in [3.63, 3.8) is 0 Å². The maximum atomic E-state index is 12.3. The molecule has 1 aliphatic rings. The van der Waals surface area contributed by atoms with E-state index in [0.717, 1.165) is 4.57 Å². The summed E-state index contributed by atoms with van der Waals surface area (Å²) in [6, 6.07) is 4.68. The summed E-state index contributed by atoms with van der Waals surface area (Å²) in [5.41, 5.74) is 0.346. The second-order valence-corrected chi connectivity index (χ2v) is 6.05. The fourth-order valence-corrected chi connectivity index (χ4v) is 3.37. The number of thiazole rings is 1. The van der Waals surface area contributed by atoms with Crippen LogP contribution < -0.4 is 19.6 Å². The van der Waals surface area contributed by atoms with Gasteiger partial charge >= 0.3 is 0 Å². The van der Waals surface area contributed by atoms with Crippen molar-refractivity contribution in [2.75, 3.05) is 7.11 Å². The van der Waals surface area contributed by atoms with Gasteiger partial charge in [0.2, 0.25) is 5.91 Å². The average Bonchev–Trinajstić information content (AvgIpc) is 2.77. The van der Waals surface area contributed by atoms with E-state index in [-0.39, 0.29) is 29.7 Å². The Morgan fingerprint density at radius 3 is 2.95 bits per heavy atom. The van der Waals surface area contributed by atoms with Crippen LogP contribution in [0.5, 0.6) is 11.5 Å². The Balaban J connectivity index is 2.18. The molecule has 0 saturated heterocycles. The highest BCUT2D eigenvalue weighted by Gasteiger charge is 2.20. The first-order valence-corrected chi connectivity index (χ1v) is 7.53. The fraction of sp³-hybridized carbons (Fsp3) is 0.267. The van der Waals surface area contributed by atoms with Gasteiger partial charge in [0.05, 0.1) is 17.7 Å². The minimum Gasteiger partial charge on any atom is -0.504 e. The summed E-state index contributed by atoms with van der Waals surface area (Å²) in [5.74, 6) is 0.132. The molecular weight excluding hydrogens is 304 g/mol. The molecular formula is C15H14N2O4S. The number of carbonyl (C=O) groups is 1. The van der Waals surface area contributed by atoms with E-state index >= 15 is 0 Å². The van der Waals surface area contributed by atoms with Crippen molar-refractivity contribution in [1.29, 1.82) is 0 Å². The lowest BCUT2D eigenvalue weighted by Crippen LogP contribution is -2.40. The molecule has 0 spiro atoms. The number of fused-ring (bicyclic) bond motifs is 1. The van der Waals surface area contributed by atoms with Crippen LogP contribution in [0.3, 0.4) is 0 Å². The van der Waals surface area contributed by atoms with E-state index in [9.17, 15) is 14.7 Å². The van der Waals surface area contributed by atoms with E-state index in [1.807, 2.05) is 6.92 Å². The Morgan fingerprint density at radius 2 is 2.23 bits per heavy atom. The van der Waals surface area contributed by atoms with E-state index in [2.05, 4.69) is 4.99 Å². The van der Waals surface area contributed by atoms with Crippen molar-refractivity contribution >= 4 is 23.3 Å². The second-order valence-electron chi connectivity index (χ2n) is 5.04. The quantitative estimate of drug-likeness (QED) is 0.874. The monoisotopic (exact) mass is 318 g/mol. The van der Waals surface area contributed by atoms with Gasteiger partial charge in [0.1, 0.15) is 0 Å². The summed E-state index contributed by atoms with van der Waals surface area (Å²) in [6.45, 7) is 1.85. The molecule has 1 aromatic carbocycles. The van der Waals surface area contributed by atoms with Gasteiger partial charge in [0.25, 0.3) is 5.56 Å². The molecule has 0 saturated carbocycles. The Kier molecular flexibility index (Phi) is 3.58. The molecule has 1 N–H and O–H groups in total. The Labute approximate surface area is 129 Å². The van der Waals surface area contributed by atoms with Gasteiger partial charge in [-0.15, -0.1) is 0 Å². The summed E-state index contributed by atoms with van der Waals surface area (Å²) >= 11 is 1.19. The SMILES string of the molecule is COc1cc(/C=c2/sc3n(c2=O)C(=O)C[C@H](C)N=3)ccc1O. The molecule has 0 unspecified atom stereocenters. The van der Waals surface area contributed by atoms with Gasteiger partial charge in [0, 0.05) is 6.42 Å². The molecule has 0 radical (unpaired) electrons. The highest BCUT2D eigenvalue weighted by Crippen LogP contribution is 2.26. The van der Waals surface area contributed by atoms with Crippen molar-refractivity contribution < 1.29 is 14.6 Å². The zero-order valence-electron chi connectivity index (χ0n) is 12.1. The van der Waals surface area contributed by atoms with Crippen molar-refractivity contribution in [2.45, 2.75) is 19.4 Å². The Bertz CT molecular complexity index is 926. The third-order valence-electron chi connectivity index (χ3n) is 3.36. The summed E-state index contributed by atoms with van der Waals surface area (Å²) in [4.78, 5) is 29.1. The van der Waals surface area contributed by atoms with Crippen LogP contribution in [0.2, 0.25) is 0 Å². The van der Waals surface area contributed by atoms with Crippen LogP contribution >= 0.6 is 11.3 Å². The number of benzene rings is 1. The van der Waals surface area contributed by atoms with E-state index < -0.39 is 0 Å². The molecule has 2 aromatic rings. The number of rotatable bonds is 2. The lowest BCUT2D eigenvalue weighted by Gasteiger charge is -2.09. The molecule has 0 bridgehead atoms. The Morgan fingerprint density at radius 1 is 1.45 bits per heavy atom. The number of aromatic nitrogens is 1. The first kappa shape index (κ1) is 14.5. The number of phenols is 1. The van der Waals surface area contributed by atoms with Gasteiger partial charge in [-0.05, 0) is 30.7 Å². The maximum Gasteiger partial charge on any atom is 0.277 e. The number of ether oxygens (including phenoxy) is 1. The first-order valence-electron chi connectivity index (χ1n) is 6.71. The number of hydrogen-bond acceptors (Lipinski definition) is 6. The smallest absolute Gasteiger partial charge is 0.277 e. The van der Waals surface area contributed by atoms with Crippen LogP contribution in [0.15, 0.2) is 28.0 Å². The molecule has 3 rings (SSSR count). The van der Waals surface area contributed by atoms with Crippen LogP contribution in [0, 0.1) is 0 Å². The maximum absolute atomic E-state index is 12.3. The number of aromatic hydroxyl groups is 1. The third kappa shape index (κ3) is 2.43. The molecule has 0 aliphatic carbocycles. The molecule has 1 aromatic heterocycles. The molecule has 2 heterocycles. The zero-order chi connectivity index (χ0) is 15.9. The van der Waals surface area contributed by atoms with Gasteiger partial charge in [-0.3, -0.25) is 14.6 Å². The summed E-state index contributed by atoms with van der Waals surface area (Å²) in [7, 11) is 1.45. The average molecular weight is 318 g/mol. The molecule has 6 nitrogen and oxygen atoms in total. The molecule has 1 atom stereocenters. The largest absolute Gasteiger partial charge is 0.504 e. The minimum atomic E-state index is -0.354. The van der Waals surface area contributed by atoms with Crippen molar-refractivity contribution in [3.8, 4) is 11.5 Å². The first-order chi connectivity index (χ1) is 10.5. The van der Waals surface area contributed by atoms with Crippen molar-refractivity contribution in [1.82, 2.24) is 4.57 Å². The van der Waals surface area contributed by atoms with Gasteiger partial charge in [-0.25, -0.2) is 4.57 Å². The molecule has 0 amide bonds. The minimum absolute atomic E-state index is 0.0286. The van der Waals surface area contributed by atoms with Crippen LogP contribution in [-0.4, -0.2) is 28.7 Å². The topological polar surface area (TPSA) is 80.9 Å². The summed E-state index contributed by atoms with van der Waals surface area (Å²) in [5, 5.41) is 9.59. The van der Waals surface area contributed by atoms with E-state index in [1.54, 1.807) is 18.2 Å². The lowest BCUT2D eigenvalue weighted by atomic mass is 10.2. The van der Waals surface area contributed by atoms with Gasteiger partial charge in [0.15, 0.2) is 16.3 Å². The zero-order valence-corrected chi connectivity index (χ0v) is 12.9. The summed E-state index contributed by atoms with van der Waals surface area (Å²) in [6.07, 6.45) is 1.91. The standard InChI is InChI=1S/C15H14N2O4S/c1-8-5-13(19)17-14(20)12(22-15(17)16-8)7-9-3-4-10(18)11(6-9)21-2/h3-4,6-8,18H,5H2,1-2H3/b12-7+/t8-/m0/s1. The number of nitrogens with zero attached hydrogens (tertiary/aromatic N) is 2. The number of phenolic OH excluding ortho intramolecular Hbond substituents is 1. The Hall–Kier alpha value is -2.41. The predicted octanol–water partition coefficient (Wildman–Crippen LogP) is 0.505. The van der Waals surface area contributed by atoms with Crippen LogP contribution in [0.25, 0.3) is 6.08 Å². The highest BCUT2D eigenvalue weighted by atomic mass is 32.1. The third-order valence-corrected chi connectivity index (χ3v) is 4.34. The van der Waals surface area contributed by atoms with Gasteiger partial charge in [-0.2, -0.15) is 0 Å². The van der Waals surface area contributed by atoms with Gasteiger partial charge < -0.3 is 9.84 Å². The highest BCUT2D eigenvalue weighted by molar-refractivity contribution is 7.07.